The molecule has 0 aliphatic carbocycles. The molecule has 3 heterocycles. The lowest BCUT2D eigenvalue weighted by molar-refractivity contribution is 0.629. The first kappa shape index (κ1) is 11.7. The minimum absolute atomic E-state index is 0.134. The second-order valence-corrected chi connectivity index (χ2v) is 5.04. The average molecular weight is 305 g/mol. The third-order valence-electron chi connectivity index (χ3n) is 2.99. The second-order valence-electron chi connectivity index (χ2n) is 4.27. The van der Waals surface area contributed by atoms with Crippen LogP contribution in [0.5, 0.6) is 0 Å². The molecular weight excluding hydrogens is 299 g/mol. The third-order valence-corrected chi connectivity index (χ3v) is 3.40. The number of aromatic amines is 1. The van der Waals surface area contributed by atoms with E-state index in [0.29, 0.717) is 22.1 Å². The van der Waals surface area contributed by atoms with Crippen LogP contribution in [0.15, 0.2) is 34.9 Å². The molecule has 20 heavy (non-hydrogen) atoms. The van der Waals surface area contributed by atoms with Gasteiger partial charge in [0.2, 0.25) is 5.28 Å². The number of hydrogen-bond donors (Lipinski definition) is 1. The zero-order valence-corrected chi connectivity index (χ0v) is 11.4. The first-order valence-corrected chi connectivity index (χ1v) is 6.52. The van der Waals surface area contributed by atoms with Crippen LogP contribution in [0.4, 0.5) is 0 Å². The number of nitrogens with one attached hydrogen (secondary N) is 1. The fourth-order valence-corrected chi connectivity index (χ4v) is 2.48. The van der Waals surface area contributed by atoms with E-state index >= 15 is 0 Å². The molecule has 0 radical (unpaired) electrons. The highest BCUT2D eigenvalue weighted by molar-refractivity contribution is 6.31. The first-order chi connectivity index (χ1) is 9.70. The summed E-state index contributed by atoms with van der Waals surface area (Å²) in [5.41, 5.74) is 1.90. The molecule has 0 saturated heterocycles. The summed E-state index contributed by atoms with van der Waals surface area (Å²) in [4.78, 5) is 8.29. The summed E-state index contributed by atoms with van der Waals surface area (Å²) in [7, 11) is 0. The average Bonchev–Trinajstić information content (AvgIpc) is 3.02. The Labute approximate surface area is 122 Å². The van der Waals surface area contributed by atoms with Crippen molar-refractivity contribution in [3.63, 3.8) is 0 Å². The van der Waals surface area contributed by atoms with E-state index in [0.717, 1.165) is 16.4 Å². The van der Waals surface area contributed by atoms with Crippen molar-refractivity contribution < 1.29 is 4.42 Å². The fraction of sp³-hybridized carbons (Fsp3) is 0. The van der Waals surface area contributed by atoms with Gasteiger partial charge in [-0.1, -0.05) is 11.6 Å². The van der Waals surface area contributed by atoms with Crippen molar-refractivity contribution in [2.24, 2.45) is 0 Å². The van der Waals surface area contributed by atoms with Crippen LogP contribution in [-0.2, 0) is 0 Å². The molecule has 1 N–H and O–H groups in total. The minimum atomic E-state index is 0.134. The highest BCUT2D eigenvalue weighted by atomic mass is 35.5. The van der Waals surface area contributed by atoms with Gasteiger partial charge in [-0.3, -0.25) is 5.10 Å². The van der Waals surface area contributed by atoms with Gasteiger partial charge in [0.1, 0.15) is 11.3 Å². The SMILES string of the molecule is Clc1ccc2oc(-c3nc(Cl)nc4[nH]ncc34)cc2c1. The third kappa shape index (κ3) is 1.75. The normalized spacial score (nSPS) is 11.5. The van der Waals surface area contributed by atoms with Gasteiger partial charge in [-0.05, 0) is 35.9 Å². The lowest BCUT2D eigenvalue weighted by Gasteiger charge is -1.98. The smallest absolute Gasteiger partial charge is 0.225 e. The summed E-state index contributed by atoms with van der Waals surface area (Å²) < 4.78 is 5.79. The molecule has 4 aromatic rings. The van der Waals surface area contributed by atoms with Crippen molar-refractivity contribution in [2.75, 3.05) is 0 Å². The van der Waals surface area contributed by atoms with Gasteiger partial charge in [-0.2, -0.15) is 10.1 Å². The van der Waals surface area contributed by atoms with E-state index in [9.17, 15) is 0 Å². The van der Waals surface area contributed by atoms with Gasteiger partial charge in [-0.25, -0.2) is 4.98 Å². The van der Waals surface area contributed by atoms with Crippen LogP contribution in [0.3, 0.4) is 0 Å². The van der Waals surface area contributed by atoms with Crippen molar-refractivity contribution in [3.8, 4) is 11.5 Å². The molecule has 0 amide bonds. The number of furan rings is 1. The molecule has 0 aliphatic rings. The predicted octanol–water partition coefficient (Wildman–Crippen LogP) is 4.07. The van der Waals surface area contributed by atoms with Gasteiger partial charge in [0.05, 0.1) is 11.6 Å². The topological polar surface area (TPSA) is 67.6 Å². The van der Waals surface area contributed by atoms with Gasteiger partial charge in [0, 0.05) is 10.4 Å². The summed E-state index contributed by atoms with van der Waals surface area (Å²) in [5.74, 6) is 0.595. The first-order valence-electron chi connectivity index (χ1n) is 5.77. The van der Waals surface area contributed by atoms with E-state index < -0.39 is 0 Å². The Morgan fingerprint density at radius 3 is 2.90 bits per heavy atom. The highest BCUT2D eigenvalue weighted by Crippen LogP contribution is 2.32. The van der Waals surface area contributed by atoms with Crippen LogP contribution < -0.4 is 0 Å². The Morgan fingerprint density at radius 1 is 1.10 bits per heavy atom. The molecule has 5 nitrogen and oxygen atoms in total. The Hall–Kier alpha value is -2.11. The zero-order chi connectivity index (χ0) is 13.7. The van der Waals surface area contributed by atoms with Crippen molar-refractivity contribution >= 4 is 45.2 Å². The Morgan fingerprint density at radius 2 is 2.00 bits per heavy atom. The van der Waals surface area contributed by atoms with Gasteiger partial charge < -0.3 is 4.42 Å². The fourth-order valence-electron chi connectivity index (χ4n) is 2.13. The molecule has 0 fully saturated rings. The molecule has 3 aromatic heterocycles. The standard InChI is InChI=1S/C13H6Cl2N4O/c14-7-1-2-9-6(3-7)4-10(20-9)11-8-5-16-19-12(8)18-13(15)17-11/h1-5H,(H,16,17,18,19). The maximum absolute atomic E-state index is 5.97. The molecule has 0 saturated carbocycles. The molecular formula is C13H6Cl2N4O. The quantitative estimate of drug-likeness (QED) is 0.538. The molecule has 0 bridgehead atoms. The number of aromatic nitrogens is 4. The number of hydrogen-bond acceptors (Lipinski definition) is 4. The van der Waals surface area contributed by atoms with E-state index in [1.807, 2.05) is 18.2 Å². The molecule has 7 heteroatoms. The molecule has 0 unspecified atom stereocenters. The Bertz CT molecular complexity index is 944. The molecule has 0 spiro atoms. The van der Waals surface area contributed by atoms with Crippen LogP contribution in [-0.4, -0.2) is 20.2 Å². The zero-order valence-electron chi connectivity index (χ0n) is 9.89. The largest absolute Gasteiger partial charge is 0.454 e. The Balaban J connectivity index is 2.02. The number of halogens is 2. The predicted molar refractivity (Wildman–Crippen MR) is 76.9 cm³/mol. The van der Waals surface area contributed by atoms with Crippen LogP contribution in [0.25, 0.3) is 33.5 Å². The lowest BCUT2D eigenvalue weighted by atomic mass is 10.2. The van der Waals surface area contributed by atoms with Crippen molar-refractivity contribution in [1.82, 2.24) is 20.2 Å². The molecule has 1 aromatic carbocycles. The van der Waals surface area contributed by atoms with Crippen molar-refractivity contribution in [2.45, 2.75) is 0 Å². The van der Waals surface area contributed by atoms with Gasteiger partial charge in [0.15, 0.2) is 11.4 Å². The summed E-state index contributed by atoms with van der Waals surface area (Å²) >= 11 is 11.9. The second kappa shape index (κ2) is 4.19. The van der Waals surface area contributed by atoms with Crippen LogP contribution >= 0.6 is 23.2 Å². The van der Waals surface area contributed by atoms with Crippen molar-refractivity contribution in [1.29, 1.82) is 0 Å². The Kier molecular flexibility index (Phi) is 2.45. The maximum Gasteiger partial charge on any atom is 0.225 e. The van der Waals surface area contributed by atoms with E-state index in [2.05, 4.69) is 20.2 Å². The number of nitrogens with zero attached hydrogens (tertiary/aromatic N) is 3. The lowest BCUT2D eigenvalue weighted by Crippen LogP contribution is -1.88. The monoisotopic (exact) mass is 304 g/mol. The van der Waals surface area contributed by atoms with E-state index in [1.54, 1.807) is 12.3 Å². The summed E-state index contributed by atoms with van der Waals surface area (Å²) in [5, 5.41) is 9.15. The summed E-state index contributed by atoms with van der Waals surface area (Å²) in [6.45, 7) is 0. The van der Waals surface area contributed by atoms with E-state index in [1.165, 1.54) is 0 Å². The molecule has 0 atom stereocenters. The number of benzene rings is 1. The maximum atomic E-state index is 5.97. The van der Waals surface area contributed by atoms with Crippen LogP contribution in [0.2, 0.25) is 10.3 Å². The number of H-pyrrole nitrogens is 1. The van der Waals surface area contributed by atoms with Gasteiger partial charge in [-0.15, -0.1) is 0 Å². The van der Waals surface area contributed by atoms with E-state index in [4.69, 9.17) is 27.6 Å². The molecule has 0 aliphatic heterocycles. The van der Waals surface area contributed by atoms with Crippen molar-refractivity contribution in [3.05, 3.63) is 40.8 Å². The van der Waals surface area contributed by atoms with Crippen LogP contribution in [0.1, 0.15) is 0 Å². The van der Waals surface area contributed by atoms with Crippen LogP contribution in [0, 0.1) is 0 Å². The van der Waals surface area contributed by atoms with E-state index in [-0.39, 0.29) is 5.28 Å². The summed E-state index contributed by atoms with van der Waals surface area (Å²) in [6.07, 6.45) is 1.64. The minimum Gasteiger partial charge on any atom is -0.454 e. The van der Waals surface area contributed by atoms with Gasteiger partial charge >= 0.3 is 0 Å². The van der Waals surface area contributed by atoms with Gasteiger partial charge in [0.25, 0.3) is 0 Å². The highest BCUT2D eigenvalue weighted by Gasteiger charge is 2.14. The molecule has 98 valence electrons. The molecule has 4 rings (SSSR count). The summed E-state index contributed by atoms with van der Waals surface area (Å²) in [6, 6.07) is 7.29. The number of fused-ring (bicyclic) bond motifs is 2. The number of rotatable bonds is 1.